The van der Waals surface area contributed by atoms with Crippen LogP contribution in [0.15, 0.2) is 48.5 Å². The average Bonchev–Trinajstić information content (AvgIpc) is 2.99. The molecular formula is C19H17ClN2O2. The number of aryl methyl sites for hydroxylation is 1. The van der Waals surface area contributed by atoms with Crippen LogP contribution in [0.1, 0.15) is 27.3 Å². The molecule has 1 aromatic heterocycles. The van der Waals surface area contributed by atoms with Gasteiger partial charge in [-0.05, 0) is 30.7 Å². The Kier molecular flexibility index (Phi) is 4.67. The Hall–Kier alpha value is -2.59. The molecule has 1 heterocycles. The number of hydrogen-bond acceptors (Lipinski definition) is 3. The minimum Gasteiger partial charge on any atom is -0.497 e. The van der Waals surface area contributed by atoms with Gasteiger partial charge < -0.3 is 4.74 Å². The molecule has 5 heteroatoms. The molecule has 0 aliphatic carbocycles. The maximum Gasteiger partial charge on any atom is 0.170 e. The van der Waals surface area contributed by atoms with Gasteiger partial charge in [-0.1, -0.05) is 41.4 Å². The Balaban J connectivity index is 2.03. The van der Waals surface area contributed by atoms with Crippen molar-refractivity contribution in [2.45, 2.75) is 13.3 Å². The molecule has 0 radical (unpaired) electrons. The van der Waals surface area contributed by atoms with E-state index in [1.165, 1.54) is 5.56 Å². The molecule has 122 valence electrons. The van der Waals surface area contributed by atoms with E-state index in [0.29, 0.717) is 28.6 Å². The lowest BCUT2D eigenvalue weighted by atomic mass is 10.1. The van der Waals surface area contributed by atoms with Gasteiger partial charge in [-0.2, -0.15) is 5.10 Å². The van der Waals surface area contributed by atoms with Crippen LogP contribution >= 0.6 is 11.6 Å². The van der Waals surface area contributed by atoms with Crippen LogP contribution in [0.4, 0.5) is 0 Å². The van der Waals surface area contributed by atoms with E-state index < -0.39 is 0 Å². The predicted octanol–water partition coefficient (Wildman–Crippen LogP) is 4.25. The minimum atomic E-state index is 0.379. The molecule has 0 bridgehead atoms. The van der Waals surface area contributed by atoms with Crippen LogP contribution in [0.2, 0.25) is 5.02 Å². The number of benzene rings is 2. The van der Waals surface area contributed by atoms with Crippen molar-refractivity contribution in [1.29, 1.82) is 0 Å². The van der Waals surface area contributed by atoms with Gasteiger partial charge in [-0.3, -0.25) is 4.79 Å². The second-order valence-electron chi connectivity index (χ2n) is 5.57. The van der Waals surface area contributed by atoms with E-state index in [-0.39, 0.29) is 0 Å². The molecule has 0 saturated heterocycles. The van der Waals surface area contributed by atoms with Crippen LogP contribution in [0.25, 0.3) is 5.69 Å². The summed E-state index contributed by atoms with van der Waals surface area (Å²) in [5, 5.41) is 4.87. The van der Waals surface area contributed by atoms with Crippen molar-refractivity contribution in [3.8, 4) is 11.4 Å². The van der Waals surface area contributed by atoms with E-state index in [4.69, 9.17) is 16.3 Å². The SMILES string of the molecule is COc1ccc(-n2nc(C=O)cc2Cc2ccc(C)cc2)c(Cl)c1. The zero-order valence-corrected chi connectivity index (χ0v) is 14.2. The molecule has 0 unspecified atom stereocenters. The normalized spacial score (nSPS) is 10.6. The lowest BCUT2D eigenvalue weighted by Gasteiger charge is -2.11. The van der Waals surface area contributed by atoms with Gasteiger partial charge >= 0.3 is 0 Å². The largest absolute Gasteiger partial charge is 0.497 e. The molecule has 3 rings (SSSR count). The van der Waals surface area contributed by atoms with Crippen molar-refractivity contribution >= 4 is 17.9 Å². The summed E-state index contributed by atoms with van der Waals surface area (Å²) < 4.78 is 6.89. The number of aromatic nitrogens is 2. The number of halogens is 1. The van der Waals surface area contributed by atoms with Gasteiger partial charge in [-0.15, -0.1) is 0 Å². The van der Waals surface area contributed by atoms with Gasteiger partial charge in [0, 0.05) is 18.2 Å². The monoisotopic (exact) mass is 340 g/mol. The molecule has 0 spiro atoms. The highest BCUT2D eigenvalue weighted by Gasteiger charge is 2.13. The van der Waals surface area contributed by atoms with Crippen molar-refractivity contribution < 1.29 is 9.53 Å². The predicted molar refractivity (Wildman–Crippen MR) is 94.5 cm³/mol. The highest BCUT2D eigenvalue weighted by molar-refractivity contribution is 6.32. The van der Waals surface area contributed by atoms with E-state index in [0.717, 1.165) is 17.5 Å². The summed E-state index contributed by atoms with van der Waals surface area (Å²) in [5.74, 6) is 0.673. The molecule has 0 amide bonds. The van der Waals surface area contributed by atoms with E-state index in [9.17, 15) is 4.79 Å². The summed E-state index contributed by atoms with van der Waals surface area (Å²) in [6.07, 6.45) is 1.40. The number of ether oxygens (including phenoxy) is 1. The van der Waals surface area contributed by atoms with E-state index >= 15 is 0 Å². The summed E-state index contributed by atoms with van der Waals surface area (Å²) in [6.45, 7) is 2.05. The standard InChI is InChI=1S/C19H17ClN2O2/c1-13-3-5-14(6-4-13)9-16-10-15(12-23)21-22(16)19-8-7-17(24-2)11-18(19)20/h3-8,10-12H,9H2,1-2H3. The molecule has 4 nitrogen and oxygen atoms in total. The van der Waals surface area contributed by atoms with Crippen molar-refractivity contribution in [1.82, 2.24) is 9.78 Å². The zero-order valence-electron chi connectivity index (χ0n) is 13.5. The quantitative estimate of drug-likeness (QED) is 0.652. The summed E-state index contributed by atoms with van der Waals surface area (Å²) in [7, 11) is 1.59. The second-order valence-corrected chi connectivity index (χ2v) is 5.98. The number of hydrogen-bond donors (Lipinski definition) is 0. The van der Waals surface area contributed by atoms with Gasteiger partial charge in [0.2, 0.25) is 0 Å². The molecule has 0 aliphatic rings. The van der Waals surface area contributed by atoms with Crippen LogP contribution in [0, 0.1) is 6.92 Å². The van der Waals surface area contributed by atoms with Crippen LogP contribution < -0.4 is 4.74 Å². The summed E-state index contributed by atoms with van der Waals surface area (Å²) in [5.41, 5.74) is 4.34. The van der Waals surface area contributed by atoms with E-state index in [1.54, 1.807) is 23.9 Å². The number of carbonyl (C=O) groups excluding carboxylic acids is 1. The Morgan fingerprint density at radius 1 is 1.17 bits per heavy atom. The third kappa shape index (κ3) is 3.34. The fourth-order valence-corrected chi connectivity index (χ4v) is 2.78. The number of rotatable bonds is 5. The van der Waals surface area contributed by atoms with Crippen molar-refractivity contribution in [2.75, 3.05) is 7.11 Å². The lowest BCUT2D eigenvalue weighted by molar-refractivity contribution is 0.111. The Labute approximate surface area is 145 Å². The Bertz CT molecular complexity index is 870. The maximum absolute atomic E-state index is 11.2. The molecule has 2 aromatic carbocycles. The molecule has 24 heavy (non-hydrogen) atoms. The first-order valence-electron chi connectivity index (χ1n) is 7.54. The van der Waals surface area contributed by atoms with Gasteiger partial charge in [0.1, 0.15) is 11.4 Å². The van der Waals surface area contributed by atoms with Crippen LogP contribution in [-0.4, -0.2) is 23.2 Å². The Morgan fingerprint density at radius 3 is 2.54 bits per heavy atom. The maximum atomic E-state index is 11.2. The third-order valence-corrected chi connectivity index (χ3v) is 4.11. The summed E-state index contributed by atoms with van der Waals surface area (Å²) >= 11 is 6.36. The van der Waals surface area contributed by atoms with Crippen molar-refractivity contribution in [3.05, 3.63) is 76.1 Å². The molecule has 0 aliphatic heterocycles. The fraction of sp³-hybridized carbons (Fsp3) is 0.158. The fourth-order valence-electron chi connectivity index (χ4n) is 2.53. The van der Waals surface area contributed by atoms with Crippen molar-refractivity contribution in [3.63, 3.8) is 0 Å². The molecule has 0 saturated carbocycles. The van der Waals surface area contributed by atoms with Gasteiger partial charge in [0.15, 0.2) is 6.29 Å². The third-order valence-electron chi connectivity index (χ3n) is 3.81. The number of carbonyl (C=O) groups is 1. The van der Waals surface area contributed by atoms with E-state index in [2.05, 4.69) is 36.3 Å². The molecular weight excluding hydrogens is 324 g/mol. The second kappa shape index (κ2) is 6.89. The minimum absolute atomic E-state index is 0.379. The topological polar surface area (TPSA) is 44.1 Å². The molecule has 0 atom stereocenters. The molecule has 0 N–H and O–H groups in total. The summed E-state index contributed by atoms with van der Waals surface area (Å²) in [6, 6.07) is 15.4. The van der Waals surface area contributed by atoms with Gasteiger partial charge in [0.25, 0.3) is 0 Å². The van der Waals surface area contributed by atoms with E-state index in [1.807, 2.05) is 12.1 Å². The first-order chi connectivity index (χ1) is 11.6. The van der Waals surface area contributed by atoms with Crippen LogP contribution in [0.3, 0.4) is 0 Å². The highest BCUT2D eigenvalue weighted by Crippen LogP contribution is 2.27. The van der Waals surface area contributed by atoms with Crippen LogP contribution in [0.5, 0.6) is 5.75 Å². The van der Waals surface area contributed by atoms with Crippen molar-refractivity contribution in [2.24, 2.45) is 0 Å². The first kappa shape index (κ1) is 16.3. The lowest BCUT2D eigenvalue weighted by Crippen LogP contribution is -2.04. The number of aldehydes is 1. The zero-order chi connectivity index (χ0) is 17.1. The average molecular weight is 341 g/mol. The Morgan fingerprint density at radius 2 is 1.92 bits per heavy atom. The first-order valence-corrected chi connectivity index (χ1v) is 7.92. The van der Waals surface area contributed by atoms with Gasteiger partial charge in [-0.25, -0.2) is 4.68 Å². The molecule has 0 fully saturated rings. The highest BCUT2D eigenvalue weighted by atomic mass is 35.5. The number of methoxy groups -OCH3 is 1. The molecule has 3 aromatic rings. The van der Waals surface area contributed by atoms with Gasteiger partial charge in [0.05, 0.1) is 17.8 Å². The smallest absolute Gasteiger partial charge is 0.170 e. The summed E-state index contributed by atoms with van der Waals surface area (Å²) in [4.78, 5) is 11.2. The number of nitrogens with zero attached hydrogens (tertiary/aromatic N) is 2. The van der Waals surface area contributed by atoms with Crippen LogP contribution in [-0.2, 0) is 6.42 Å².